The van der Waals surface area contributed by atoms with Crippen molar-refractivity contribution in [3.05, 3.63) is 76.2 Å². The largest absolute Gasteiger partial charge is 0.493 e. The minimum absolute atomic E-state index is 0.232. The fourth-order valence-corrected chi connectivity index (χ4v) is 3.25. The van der Waals surface area contributed by atoms with Gasteiger partial charge in [0.2, 0.25) is 0 Å². The maximum absolute atomic E-state index is 12.9. The molecule has 2 aromatic carbocycles. The van der Waals surface area contributed by atoms with Crippen molar-refractivity contribution < 1.29 is 28.7 Å². The predicted molar refractivity (Wildman–Crippen MR) is 117 cm³/mol. The first-order valence-electron chi connectivity index (χ1n) is 10.1. The number of amides is 1. The summed E-state index contributed by atoms with van der Waals surface area (Å²) in [6, 6.07) is 11.5. The van der Waals surface area contributed by atoms with Crippen molar-refractivity contribution in [3.63, 3.8) is 0 Å². The van der Waals surface area contributed by atoms with Crippen LogP contribution in [0.4, 0.5) is 0 Å². The number of ether oxygens (including phenoxy) is 2. The number of hydrogen-bond donors (Lipinski definition) is 2. The second-order valence-corrected chi connectivity index (χ2v) is 7.49. The van der Waals surface area contributed by atoms with E-state index >= 15 is 0 Å². The molecule has 1 unspecified atom stereocenters. The quantitative estimate of drug-likeness (QED) is 0.517. The van der Waals surface area contributed by atoms with Crippen molar-refractivity contribution in [3.8, 4) is 11.5 Å². The van der Waals surface area contributed by atoms with E-state index in [1.807, 2.05) is 45.0 Å². The topological polar surface area (TPSA) is 111 Å². The summed E-state index contributed by atoms with van der Waals surface area (Å²) in [6.45, 7) is 5.83. The molecule has 0 radical (unpaired) electrons. The molecule has 0 saturated carbocycles. The minimum Gasteiger partial charge on any atom is -0.493 e. The number of carboxylic acids is 1. The molecule has 8 heteroatoms. The van der Waals surface area contributed by atoms with Crippen molar-refractivity contribution in [2.45, 2.75) is 39.8 Å². The number of aromatic nitrogens is 1. The van der Waals surface area contributed by atoms with Crippen molar-refractivity contribution in [2.24, 2.45) is 0 Å². The van der Waals surface area contributed by atoms with Gasteiger partial charge in [-0.15, -0.1) is 0 Å². The van der Waals surface area contributed by atoms with Gasteiger partial charge in [0.05, 0.1) is 30.8 Å². The van der Waals surface area contributed by atoms with Crippen LogP contribution in [0.3, 0.4) is 0 Å². The van der Waals surface area contributed by atoms with E-state index in [4.69, 9.17) is 14.0 Å². The lowest BCUT2D eigenvalue weighted by molar-refractivity contribution is -0.137. The molecule has 1 heterocycles. The summed E-state index contributed by atoms with van der Waals surface area (Å²) < 4.78 is 16.4. The molecule has 1 aromatic heterocycles. The molecule has 32 heavy (non-hydrogen) atoms. The number of nitrogens with zero attached hydrogens (tertiary/aromatic N) is 1. The van der Waals surface area contributed by atoms with Crippen LogP contribution >= 0.6 is 0 Å². The Balaban J connectivity index is 1.76. The average molecular weight is 438 g/mol. The fourth-order valence-electron chi connectivity index (χ4n) is 3.25. The number of hydrogen-bond acceptors (Lipinski definition) is 6. The number of carbonyl (C=O) groups excluding carboxylic acids is 1. The average Bonchev–Trinajstić information content (AvgIpc) is 3.09. The first kappa shape index (κ1) is 22.9. The molecule has 0 spiro atoms. The summed E-state index contributed by atoms with van der Waals surface area (Å²) in [5.41, 5.74) is 3.69. The zero-order valence-corrected chi connectivity index (χ0v) is 18.5. The smallest absolute Gasteiger partial charge is 0.305 e. The Hall–Kier alpha value is -3.81. The molecule has 1 amide bonds. The molecule has 0 fully saturated rings. The summed E-state index contributed by atoms with van der Waals surface area (Å²) in [7, 11) is 1.49. The van der Waals surface area contributed by atoms with Gasteiger partial charge < -0.3 is 24.4 Å². The van der Waals surface area contributed by atoms with E-state index in [1.165, 1.54) is 7.11 Å². The second kappa shape index (κ2) is 10.00. The molecule has 0 aliphatic carbocycles. The van der Waals surface area contributed by atoms with Gasteiger partial charge in [-0.05, 0) is 44.5 Å². The molecule has 2 N–H and O–H groups in total. The summed E-state index contributed by atoms with van der Waals surface area (Å²) in [5, 5.41) is 16.0. The van der Waals surface area contributed by atoms with Crippen LogP contribution < -0.4 is 14.8 Å². The minimum atomic E-state index is -1.00. The van der Waals surface area contributed by atoms with Crippen molar-refractivity contribution in [1.82, 2.24) is 10.5 Å². The molecular formula is C24H26N2O6. The molecule has 3 aromatic rings. The van der Waals surface area contributed by atoms with Gasteiger partial charge in [0, 0.05) is 5.56 Å². The first-order chi connectivity index (χ1) is 15.3. The van der Waals surface area contributed by atoms with E-state index in [0.717, 1.165) is 22.4 Å². The number of benzene rings is 2. The monoisotopic (exact) mass is 438 g/mol. The standard InChI is InChI=1S/C24H26N2O6/c1-14-5-7-17(8-6-14)20(12-23(27)28)25-24(29)18-9-10-21(22(11-18)30-4)31-13-19-15(2)26-32-16(19)3/h5-11,20H,12-13H2,1-4H3,(H,25,29)(H,27,28). The molecule has 0 aliphatic heterocycles. The first-order valence-corrected chi connectivity index (χ1v) is 10.1. The van der Waals surface area contributed by atoms with Crippen LogP contribution in [0.25, 0.3) is 0 Å². The summed E-state index contributed by atoms with van der Waals surface area (Å²) in [4.78, 5) is 24.2. The third-order valence-corrected chi connectivity index (χ3v) is 5.14. The van der Waals surface area contributed by atoms with Crippen molar-refractivity contribution in [2.75, 3.05) is 7.11 Å². The maximum Gasteiger partial charge on any atom is 0.305 e. The van der Waals surface area contributed by atoms with Gasteiger partial charge in [-0.3, -0.25) is 9.59 Å². The lowest BCUT2D eigenvalue weighted by Crippen LogP contribution is -2.30. The summed E-state index contributed by atoms with van der Waals surface area (Å²) in [5.74, 6) is 0.112. The molecule has 168 valence electrons. The van der Waals surface area contributed by atoms with E-state index < -0.39 is 17.9 Å². The lowest BCUT2D eigenvalue weighted by Gasteiger charge is -2.18. The highest BCUT2D eigenvalue weighted by molar-refractivity contribution is 5.95. The van der Waals surface area contributed by atoms with Crippen molar-refractivity contribution in [1.29, 1.82) is 0 Å². The van der Waals surface area contributed by atoms with Gasteiger partial charge in [-0.25, -0.2) is 0 Å². The molecular weight excluding hydrogens is 412 g/mol. The Kier molecular flexibility index (Phi) is 7.14. The number of aryl methyl sites for hydroxylation is 3. The molecule has 3 rings (SSSR count). The highest BCUT2D eigenvalue weighted by Gasteiger charge is 2.20. The van der Waals surface area contributed by atoms with Crippen LogP contribution in [-0.4, -0.2) is 29.2 Å². The van der Waals surface area contributed by atoms with Crippen LogP contribution in [0, 0.1) is 20.8 Å². The third kappa shape index (κ3) is 5.46. The van der Waals surface area contributed by atoms with E-state index in [9.17, 15) is 14.7 Å². The fraction of sp³-hybridized carbons (Fsp3) is 0.292. The summed E-state index contributed by atoms with van der Waals surface area (Å²) in [6.07, 6.45) is -0.232. The van der Waals surface area contributed by atoms with E-state index in [-0.39, 0.29) is 13.0 Å². The third-order valence-electron chi connectivity index (χ3n) is 5.14. The van der Waals surface area contributed by atoms with Gasteiger partial charge in [0.25, 0.3) is 5.91 Å². The van der Waals surface area contributed by atoms with Crippen molar-refractivity contribution >= 4 is 11.9 Å². The number of rotatable bonds is 9. The van der Waals surface area contributed by atoms with Gasteiger partial charge in [-0.2, -0.15) is 0 Å². The van der Waals surface area contributed by atoms with Crippen LogP contribution in [0.5, 0.6) is 11.5 Å². The Morgan fingerprint density at radius 2 is 1.81 bits per heavy atom. The SMILES string of the molecule is COc1cc(C(=O)NC(CC(=O)O)c2ccc(C)cc2)ccc1OCc1c(C)noc1C. The molecule has 8 nitrogen and oxygen atoms in total. The predicted octanol–water partition coefficient (Wildman–Crippen LogP) is 4.13. The van der Waals surface area contributed by atoms with Crippen LogP contribution in [0.15, 0.2) is 47.0 Å². The maximum atomic E-state index is 12.9. The number of nitrogens with one attached hydrogen (secondary N) is 1. The molecule has 1 atom stereocenters. The highest BCUT2D eigenvalue weighted by Crippen LogP contribution is 2.30. The van der Waals surface area contributed by atoms with Gasteiger partial charge in [0.15, 0.2) is 11.5 Å². The lowest BCUT2D eigenvalue weighted by atomic mass is 10.0. The van der Waals surface area contributed by atoms with E-state index in [0.29, 0.717) is 22.8 Å². The zero-order valence-electron chi connectivity index (χ0n) is 18.5. The van der Waals surface area contributed by atoms with Gasteiger partial charge in [-0.1, -0.05) is 35.0 Å². The van der Waals surface area contributed by atoms with Gasteiger partial charge >= 0.3 is 5.97 Å². The zero-order chi connectivity index (χ0) is 23.3. The number of aliphatic carboxylic acids is 1. The van der Waals surface area contributed by atoms with Crippen LogP contribution in [0.1, 0.15) is 51.0 Å². The molecule has 0 aliphatic rings. The normalized spacial score (nSPS) is 11.6. The number of methoxy groups -OCH3 is 1. The van der Waals surface area contributed by atoms with Crippen LogP contribution in [0.2, 0.25) is 0 Å². The Morgan fingerprint density at radius 3 is 2.41 bits per heavy atom. The van der Waals surface area contributed by atoms with E-state index in [1.54, 1.807) is 18.2 Å². The van der Waals surface area contributed by atoms with Crippen LogP contribution in [-0.2, 0) is 11.4 Å². The Morgan fingerprint density at radius 1 is 1.09 bits per heavy atom. The Labute approximate surface area is 186 Å². The number of carbonyl (C=O) groups is 2. The van der Waals surface area contributed by atoms with Gasteiger partial charge in [0.1, 0.15) is 12.4 Å². The van der Waals surface area contributed by atoms with E-state index in [2.05, 4.69) is 10.5 Å². The molecule has 0 saturated heterocycles. The summed E-state index contributed by atoms with van der Waals surface area (Å²) >= 11 is 0. The Bertz CT molecular complexity index is 1080. The second-order valence-electron chi connectivity index (χ2n) is 7.49. The number of carboxylic acid groups (broad SMARTS) is 1. The molecule has 0 bridgehead atoms. The highest BCUT2D eigenvalue weighted by atomic mass is 16.5.